The predicted molar refractivity (Wildman–Crippen MR) is 56.5 cm³/mol. The van der Waals surface area contributed by atoms with Crippen LogP contribution in [0.4, 0.5) is 13.2 Å². The Morgan fingerprint density at radius 2 is 1.88 bits per heavy atom. The van der Waals surface area contributed by atoms with Gasteiger partial charge in [0.2, 0.25) is 0 Å². The summed E-state index contributed by atoms with van der Waals surface area (Å²) < 4.78 is 38.7. The third-order valence-electron chi connectivity index (χ3n) is 2.27. The molecule has 90 valence electrons. The molecule has 16 heavy (non-hydrogen) atoms. The molecule has 5 heteroatoms. The van der Waals surface area contributed by atoms with Gasteiger partial charge in [0.1, 0.15) is 0 Å². The van der Waals surface area contributed by atoms with Crippen LogP contribution in [0.3, 0.4) is 0 Å². The summed E-state index contributed by atoms with van der Waals surface area (Å²) in [6, 6.07) is 2.29. The Hall–Kier alpha value is -1.07. The van der Waals surface area contributed by atoms with E-state index in [1.165, 1.54) is 6.07 Å². The standard InChI is InChI=1S/C11H15F3N2/c1-7(5-15-2)16-6-8-3-4-9(12)11(14)10(8)13/h3-4,7,15-16H,5-6H2,1-2H3. The molecule has 0 aliphatic carbocycles. The van der Waals surface area contributed by atoms with Crippen molar-refractivity contribution in [2.75, 3.05) is 13.6 Å². The smallest absolute Gasteiger partial charge is 0.194 e. The van der Waals surface area contributed by atoms with Crippen molar-refractivity contribution in [1.29, 1.82) is 0 Å². The Bertz CT molecular complexity index is 355. The first-order valence-electron chi connectivity index (χ1n) is 5.06. The van der Waals surface area contributed by atoms with E-state index in [9.17, 15) is 13.2 Å². The van der Waals surface area contributed by atoms with Crippen molar-refractivity contribution < 1.29 is 13.2 Å². The SMILES string of the molecule is CNCC(C)NCc1ccc(F)c(F)c1F. The molecular formula is C11H15F3N2. The van der Waals surface area contributed by atoms with Crippen molar-refractivity contribution in [3.63, 3.8) is 0 Å². The molecule has 1 aromatic rings. The van der Waals surface area contributed by atoms with Crippen molar-refractivity contribution in [3.8, 4) is 0 Å². The number of rotatable bonds is 5. The molecule has 0 bridgehead atoms. The van der Waals surface area contributed by atoms with Gasteiger partial charge in [-0.2, -0.15) is 0 Å². The van der Waals surface area contributed by atoms with Gasteiger partial charge in [-0.25, -0.2) is 13.2 Å². The highest BCUT2D eigenvalue weighted by molar-refractivity contribution is 5.20. The first kappa shape index (κ1) is 13.0. The van der Waals surface area contributed by atoms with Gasteiger partial charge in [0.05, 0.1) is 0 Å². The molecule has 0 aliphatic rings. The van der Waals surface area contributed by atoms with E-state index in [1.54, 1.807) is 7.05 Å². The highest BCUT2D eigenvalue weighted by atomic mass is 19.2. The molecule has 2 nitrogen and oxygen atoms in total. The van der Waals surface area contributed by atoms with Gasteiger partial charge in [-0.3, -0.25) is 0 Å². The van der Waals surface area contributed by atoms with Crippen molar-refractivity contribution in [2.24, 2.45) is 0 Å². The van der Waals surface area contributed by atoms with E-state index in [2.05, 4.69) is 10.6 Å². The zero-order chi connectivity index (χ0) is 12.1. The zero-order valence-corrected chi connectivity index (χ0v) is 9.28. The molecule has 1 unspecified atom stereocenters. The normalized spacial score (nSPS) is 12.8. The number of halogens is 3. The second-order valence-electron chi connectivity index (χ2n) is 3.67. The van der Waals surface area contributed by atoms with Crippen molar-refractivity contribution in [2.45, 2.75) is 19.5 Å². The van der Waals surface area contributed by atoms with Gasteiger partial charge >= 0.3 is 0 Å². The lowest BCUT2D eigenvalue weighted by molar-refractivity contribution is 0.433. The summed E-state index contributed by atoms with van der Waals surface area (Å²) >= 11 is 0. The van der Waals surface area contributed by atoms with Crippen LogP contribution in [0.15, 0.2) is 12.1 Å². The summed E-state index contributed by atoms with van der Waals surface area (Å²) in [5.74, 6) is -3.70. The van der Waals surface area contributed by atoms with Crippen LogP contribution in [-0.2, 0) is 6.54 Å². The van der Waals surface area contributed by atoms with E-state index < -0.39 is 17.5 Å². The lowest BCUT2D eigenvalue weighted by atomic mass is 10.2. The van der Waals surface area contributed by atoms with Crippen LogP contribution < -0.4 is 10.6 Å². The molecule has 0 spiro atoms. The molecule has 1 atom stereocenters. The maximum atomic E-state index is 13.2. The van der Waals surface area contributed by atoms with Gasteiger partial charge in [0.15, 0.2) is 17.5 Å². The van der Waals surface area contributed by atoms with E-state index in [0.29, 0.717) is 6.54 Å². The minimum Gasteiger partial charge on any atom is -0.318 e. The Morgan fingerprint density at radius 3 is 2.50 bits per heavy atom. The summed E-state index contributed by atoms with van der Waals surface area (Å²) in [6.45, 7) is 2.80. The molecule has 0 heterocycles. The van der Waals surface area contributed by atoms with Crippen molar-refractivity contribution >= 4 is 0 Å². The second-order valence-corrected chi connectivity index (χ2v) is 3.67. The Kier molecular flexibility index (Phi) is 4.76. The van der Waals surface area contributed by atoms with Gasteiger partial charge in [-0.05, 0) is 20.0 Å². The monoisotopic (exact) mass is 232 g/mol. The van der Waals surface area contributed by atoms with Crippen molar-refractivity contribution in [3.05, 3.63) is 35.1 Å². The Balaban J connectivity index is 2.64. The maximum absolute atomic E-state index is 13.2. The molecule has 1 aromatic carbocycles. The number of benzene rings is 1. The molecule has 0 aromatic heterocycles. The molecule has 0 fully saturated rings. The third kappa shape index (κ3) is 3.21. The molecule has 2 N–H and O–H groups in total. The summed E-state index contributed by atoms with van der Waals surface area (Å²) in [5, 5.41) is 5.94. The Labute approximate surface area is 92.9 Å². The van der Waals surface area contributed by atoms with E-state index in [1.807, 2.05) is 6.92 Å². The second kappa shape index (κ2) is 5.86. The first-order valence-corrected chi connectivity index (χ1v) is 5.06. The molecular weight excluding hydrogens is 217 g/mol. The van der Waals surface area contributed by atoms with Gasteiger partial charge in [-0.15, -0.1) is 0 Å². The summed E-state index contributed by atoms with van der Waals surface area (Å²) in [6.07, 6.45) is 0. The topological polar surface area (TPSA) is 24.1 Å². The maximum Gasteiger partial charge on any atom is 0.194 e. The van der Waals surface area contributed by atoms with E-state index in [4.69, 9.17) is 0 Å². The van der Waals surface area contributed by atoms with Gasteiger partial charge in [-0.1, -0.05) is 6.07 Å². The highest BCUT2D eigenvalue weighted by Gasteiger charge is 2.13. The van der Waals surface area contributed by atoms with Crippen molar-refractivity contribution in [1.82, 2.24) is 10.6 Å². The van der Waals surface area contributed by atoms with Crippen LogP contribution in [0.5, 0.6) is 0 Å². The average molecular weight is 232 g/mol. The largest absolute Gasteiger partial charge is 0.318 e. The quantitative estimate of drug-likeness (QED) is 0.756. The lowest BCUT2D eigenvalue weighted by Crippen LogP contribution is -2.34. The number of nitrogens with one attached hydrogen (secondary N) is 2. The van der Waals surface area contributed by atoms with E-state index in [0.717, 1.165) is 6.07 Å². The fourth-order valence-electron chi connectivity index (χ4n) is 1.36. The number of hydrogen-bond donors (Lipinski definition) is 2. The predicted octanol–water partition coefficient (Wildman–Crippen LogP) is 1.80. The van der Waals surface area contributed by atoms with E-state index >= 15 is 0 Å². The molecule has 0 saturated heterocycles. The molecule has 0 saturated carbocycles. The summed E-state index contributed by atoms with van der Waals surface area (Å²) in [4.78, 5) is 0. The van der Waals surface area contributed by atoms with E-state index in [-0.39, 0.29) is 18.2 Å². The molecule has 0 radical (unpaired) electrons. The number of likely N-dealkylation sites (N-methyl/N-ethyl adjacent to an activating group) is 1. The molecule has 0 aliphatic heterocycles. The van der Waals surface area contributed by atoms with Gasteiger partial charge in [0.25, 0.3) is 0 Å². The van der Waals surface area contributed by atoms with Gasteiger partial charge < -0.3 is 10.6 Å². The zero-order valence-electron chi connectivity index (χ0n) is 9.28. The Morgan fingerprint density at radius 1 is 1.19 bits per heavy atom. The molecule has 1 rings (SSSR count). The third-order valence-corrected chi connectivity index (χ3v) is 2.27. The van der Waals surface area contributed by atoms with Gasteiger partial charge in [0, 0.05) is 24.7 Å². The number of hydrogen-bond acceptors (Lipinski definition) is 2. The van der Waals surface area contributed by atoms with Crippen LogP contribution in [0.25, 0.3) is 0 Å². The fourth-order valence-corrected chi connectivity index (χ4v) is 1.36. The highest BCUT2D eigenvalue weighted by Crippen LogP contribution is 2.14. The summed E-state index contributed by atoms with van der Waals surface area (Å²) in [7, 11) is 1.80. The lowest BCUT2D eigenvalue weighted by Gasteiger charge is -2.13. The fraction of sp³-hybridized carbons (Fsp3) is 0.455. The minimum atomic E-state index is -1.42. The average Bonchev–Trinajstić information content (AvgIpc) is 2.25. The van der Waals surface area contributed by atoms with Crippen LogP contribution >= 0.6 is 0 Å². The minimum absolute atomic E-state index is 0.123. The van der Waals surface area contributed by atoms with Crippen LogP contribution in [0.1, 0.15) is 12.5 Å². The van der Waals surface area contributed by atoms with Crippen LogP contribution in [-0.4, -0.2) is 19.6 Å². The molecule has 0 amide bonds. The van der Waals surface area contributed by atoms with Crippen LogP contribution in [0.2, 0.25) is 0 Å². The first-order chi connectivity index (χ1) is 7.56. The summed E-state index contributed by atoms with van der Waals surface area (Å²) in [5.41, 5.74) is 0.127. The van der Waals surface area contributed by atoms with Crippen LogP contribution in [0, 0.1) is 17.5 Å².